The number of amides is 1. The van der Waals surface area contributed by atoms with E-state index >= 15 is 0 Å². The zero-order valence-electron chi connectivity index (χ0n) is 15.2. The molecule has 0 unspecified atom stereocenters. The van der Waals surface area contributed by atoms with Crippen LogP contribution in [0.15, 0.2) is 41.5 Å². The lowest BCUT2D eigenvalue weighted by molar-refractivity contribution is 0.0952. The third-order valence-corrected chi connectivity index (χ3v) is 3.52. The summed E-state index contributed by atoms with van der Waals surface area (Å²) in [5.74, 6) is 1.86. The van der Waals surface area contributed by atoms with Gasteiger partial charge < -0.3 is 18.9 Å². The summed E-state index contributed by atoms with van der Waals surface area (Å²) in [4.78, 5) is 12.3. The summed E-state index contributed by atoms with van der Waals surface area (Å²) in [6.07, 6.45) is 1.52. The number of hydrogen-bond donors (Lipinski definition) is 1. The van der Waals surface area contributed by atoms with Crippen molar-refractivity contribution in [3.63, 3.8) is 0 Å². The van der Waals surface area contributed by atoms with Gasteiger partial charge in [0.2, 0.25) is 0 Å². The van der Waals surface area contributed by atoms with Crippen LogP contribution in [0.3, 0.4) is 0 Å². The van der Waals surface area contributed by atoms with Gasteiger partial charge in [0.05, 0.1) is 39.7 Å². The Labute approximate surface area is 152 Å². The largest absolute Gasteiger partial charge is 0.497 e. The van der Waals surface area contributed by atoms with Crippen LogP contribution in [0.4, 0.5) is 0 Å². The van der Waals surface area contributed by atoms with Gasteiger partial charge in [0.1, 0.15) is 11.5 Å². The average molecular weight is 358 g/mol. The molecule has 0 aliphatic carbocycles. The fourth-order valence-corrected chi connectivity index (χ4v) is 2.25. The maximum Gasteiger partial charge on any atom is 0.275 e. The molecule has 7 heteroatoms. The van der Waals surface area contributed by atoms with Crippen LogP contribution >= 0.6 is 0 Å². The predicted molar refractivity (Wildman–Crippen MR) is 98.8 cm³/mol. The molecular formula is C19H22N2O5. The Balaban J connectivity index is 2.09. The lowest BCUT2D eigenvalue weighted by atomic mass is 10.2. The molecule has 0 aliphatic rings. The van der Waals surface area contributed by atoms with Crippen molar-refractivity contribution in [1.29, 1.82) is 0 Å². The van der Waals surface area contributed by atoms with Crippen molar-refractivity contribution in [2.24, 2.45) is 5.10 Å². The Morgan fingerprint density at radius 2 is 1.77 bits per heavy atom. The molecule has 138 valence electrons. The van der Waals surface area contributed by atoms with Gasteiger partial charge in [0.15, 0.2) is 11.5 Å². The minimum absolute atomic E-state index is 0.356. The van der Waals surface area contributed by atoms with Crippen LogP contribution in [0.2, 0.25) is 0 Å². The summed E-state index contributed by atoms with van der Waals surface area (Å²) in [6, 6.07) is 10.3. The van der Waals surface area contributed by atoms with E-state index in [-0.39, 0.29) is 0 Å². The predicted octanol–water partition coefficient (Wildman–Crippen LogP) is 2.88. The molecule has 1 amide bonds. The molecule has 0 aliphatic heterocycles. The monoisotopic (exact) mass is 358 g/mol. The molecule has 0 heterocycles. The summed E-state index contributed by atoms with van der Waals surface area (Å²) in [5.41, 5.74) is 3.59. The second-order valence-corrected chi connectivity index (χ2v) is 5.11. The second kappa shape index (κ2) is 9.31. The van der Waals surface area contributed by atoms with E-state index in [4.69, 9.17) is 18.9 Å². The number of nitrogens with zero attached hydrogens (tertiary/aromatic N) is 1. The molecule has 0 fully saturated rings. The number of hydrazone groups is 1. The van der Waals surface area contributed by atoms with Crippen molar-refractivity contribution < 1.29 is 23.7 Å². The van der Waals surface area contributed by atoms with Gasteiger partial charge in [-0.15, -0.1) is 0 Å². The first-order valence-electron chi connectivity index (χ1n) is 7.99. The van der Waals surface area contributed by atoms with E-state index in [1.165, 1.54) is 13.3 Å². The van der Waals surface area contributed by atoms with E-state index in [1.54, 1.807) is 44.6 Å². The molecule has 0 atom stereocenters. The summed E-state index contributed by atoms with van der Waals surface area (Å²) >= 11 is 0. The summed E-state index contributed by atoms with van der Waals surface area (Å²) in [5, 5.41) is 3.98. The van der Waals surface area contributed by atoms with E-state index < -0.39 is 5.91 Å². The molecule has 2 rings (SSSR count). The number of ether oxygens (including phenoxy) is 4. The average Bonchev–Trinajstić information content (AvgIpc) is 2.68. The number of carbonyl (C=O) groups is 1. The summed E-state index contributed by atoms with van der Waals surface area (Å²) < 4.78 is 21.1. The van der Waals surface area contributed by atoms with Crippen molar-refractivity contribution in [2.45, 2.75) is 6.92 Å². The summed E-state index contributed by atoms with van der Waals surface area (Å²) in [6.45, 7) is 2.45. The van der Waals surface area contributed by atoms with E-state index in [1.807, 2.05) is 13.0 Å². The van der Waals surface area contributed by atoms with E-state index in [0.717, 1.165) is 5.56 Å². The van der Waals surface area contributed by atoms with Crippen molar-refractivity contribution >= 4 is 12.1 Å². The fourth-order valence-electron chi connectivity index (χ4n) is 2.25. The first-order chi connectivity index (χ1) is 12.6. The second-order valence-electron chi connectivity index (χ2n) is 5.11. The standard InChI is InChI=1S/C19H22N2O5/c1-5-26-16-9-6-13(10-18(16)25-4)12-20-21-19(22)15-8-7-14(23-2)11-17(15)24-3/h6-12H,5H2,1-4H3,(H,21,22)/b20-12-. The molecule has 2 aromatic carbocycles. The zero-order chi connectivity index (χ0) is 18.9. The van der Waals surface area contributed by atoms with Gasteiger partial charge >= 0.3 is 0 Å². The molecular weight excluding hydrogens is 336 g/mol. The SMILES string of the molecule is CCOc1ccc(/C=N\NC(=O)c2ccc(OC)cc2OC)cc1OC. The molecule has 0 radical (unpaired) electrons. The van der Waals surface area contributed by atoms with Gasteiger partial charge in [-0.2, -0.15) is 5.10 Å². The first kappa shape index (κ1) is 19.1. The zero-order valence-corrected chi connectivity index (χ0v) is 15.2. The Morgan fingerprint density at radius 3 is 2.42 bits per heavy atom. The molecule has 0 spiro atoms. The smallest absolute Gasteiger partial charge is 0.275 e. The number of rotatable bonds is 8. The highest BCUT2D eigenvalue weighted by atomic mass is 16.5. The minimum atomic E-state index is -0.390. The number of benzene rings is 2. The first-order valence-corrected chi connectivity index (χ1v) is 7.99. The van der Waals surface area contributed by atoms with Gasteiger partial charge in [0, 0.05) is 6.07 Å². The maximum absolute atomic E-state index is 12.3. The van der Waals surface area contributed by atoms with E-state index in [2.05, 4.69) is 10.5 Å². The lowest BCUT2D eigenvalue weighted by Crippen LogP contribution is -2.18. The van der Waals surface area contributed by atoms with Gasteiger partial charge in [-0.1, -0.05) is 0 Å². The number of carbonyl (C=O) groups excluding carboxylic acids is 1. The Morgan fingerprint density at radius 1 is 1.00 bits per heavy atom. The molecule has 2 aromatic rings. The molecule has 0 saturated carbocycles. The van der Waals surface area contributed by atoms with Crippen molar-refractivity contribution in [2.75, 3.05) is 27.9 Å². The van der Waals surface area contributed by atoms with E-state index in [0.29, 0.717) is 35.2 Å². The van der Waals surface area contributed by atoms with Crippen LogP contribution in [0.1, 0.15) is 22.8 Å². The minimum Gasteiger partial charge on any atom is -0.497 e. The number of methoxy groups -OCH3 is 3. The molecule has 0 saturated heterocycles. The molecule has 1 N–H and O–H groups in total. The van der Waals surface area contributed by atoms with Gasteiger partial charge in [-0.25, -0.2) is 5.43 Å². The quantitative estimate of drug-likeness (QED) is 0.580. The Hall–Kier alpha value is -3.22. The van der Waals surface area contributed by atoms with Crippen LogP contribution in [0.25, 0.3) is 0 Å². The van der Waals surface area contributed by atoms with Crippen LogP contribution in [-0.2, 0) is 0 Å². The van der Waals surface area contributed by atoms with E-state index in [9.17, 15) is 4.79 Å². The normalized spacial score (nSPS) is 10.5. The van der Waals surface area contributed by atoms with Gasteiger partial charge in [-0.05, 0) is 42.8 Å². The van der Waals surface area contributed by atoms with Gasteiger partial charge in [-0.3, -0.25) is 4.79 Å². The Kier molecular flexibility index (Phi) is 6.84. The van der Waals surface area contributed by atoms with Crippen molar-refractivity contribution in [3.8, 4) is 23.0 Å². The van der Waals surface area contributed by atoms with Crippen molar-refractivity contribution in [1.82, 2.24) is 5.43 Å². The molecule has 26 heavy (non-hydrogen) atoms. The molecule has 0 aromatic heterocycles. The molecule has 7 nitrogen and oxygen atoms in total. The molecule has 0 bridgehead atoms. The highest BCUT2D eigenvalue weighted by Crippen LogP contribution is 2.27. The van der Waals surface area contributed by atoms with Crippen LogP contribution in [0.5, 0.6) is 23.0 Å². The topological polar surface area (TPSA) is 78.4 Å². The third kappa shape index (κ3) is 4.66. The lowest BCUT2D eigenvalue weighted by Gasteiger charge is -2.10. The van der Waals surface area contributed by atoms with Crippen LogP contribution in [0, 0.1) is 0 Å². The fraction of sp³-hybridized carbons (Fsp3) is 0.263. The van der Waals surface area contributed by atoms with Crippen molar-refractivity contribution in [3.05, 3.63) is 47.5 Å². The Bertz CT molecular complexity index is 789. The van der Waals surface area contributed by atoms with Gasteiger partial charge in [0.25, 0.3) is 5.91 Å². The maximum atomic E-state index is 12.3. The summed E-state index contributed by atoms with van der Waals surface area (Å²) in [7, 11) is 4.60. The third-order valence-electron chi connectivity index (χ3n) is 3.52. The highest BCUT2D eigenvalue weighted by molar-refractivity contribution is 5.97. The number of hydrogen-bond acceptors (Lipinski definition) is 6. The van der Waals surface area contributed by atoms with Crippen LogP contribution in [-0.4, -0.2) is 40.1 Å². The number of nitrogens with one attached hydrogen (secondary N) is 1. The van der Waals surface area contributed by atoms with Crippen LogP contribution < -0.4 is 24.4 Å². The highest BCUT2D eigenvalue weighted by Gasteiger charge is 2.12.